The van der Waals surface area contributed by atoms with Crippen molar-refractivity contribution in [2.45, 2.75) is 38.3 Å². The van der Waals surface area contributed by atoms with E-state index in [2.05, 4.69) is 23.5 Å². The van der Waals surface area contributed by atoms with Crippen LogP contribution in [0.1, 0.15) is 41.0 Å². The molecule has 2 aromatic rings. The summed E-state index contributed by atoms with van der Waals surface area (Å²) in [6.07, 6.45) is 3.11. The number of hydrogen-bond donors (Lipinski definition) is 1. The highest BCUT2D eigenvalue weighted by molar-refractivity contribution is 5.84. The normalized spacial score (nSPS) is 16.7. The molecule has 2 aromatic carbocycles. The van der Waals surface area contributed by atoms with Gasteiger partial charge in [0, 0.05) is 13.7 Å². The van der Waals surface area contributed by atoms with Gasteiger partial charge in [0.25, 0.3) is 0 Å². The van der Waals surface area contributed by atoms with Crippen LogP contribution in [0.3, 0.4) is 0 Å². The van der Waals surface area contributed by atoms with Crippen molar-refractivity contribution in [3.05, 3.63) is 70.8 Å². The first-order valence-corrected chi connectivity index (χ1v) is 8.20. The average Bonchev–Trinajstić information content (AvgIpc) is 2.60. The van der Waals surface area contributed by atoms with Crippen molar-refractivity contribution in [1.29, 1.82) is 0 Å². The average molecular weight is 309 g/mol. The van der Waals surface area contributed by atoms with Crippen molar-refractivity contribution in [1.82, 2.24) is 5.32 Å². The number of fused-ring (bicyclic) bond motifs is 1. The third-order valence-corrected chi connectivity index (χ3v) is 4.49. The minimum Gasteiger partial charge on any atom is -0.380 e. The summed E-state index contributed by atoms with van der Waals surface area (Å²) < 4.78 is 5.11. The third-order valence-electron chi connectivity index (χ3n) is 4.49. The molecule has 3 rings (SSSR count). The Bertz CT molecular complexity index is 664. The van der Waals surface area contributed by atoms with Gasteiger partial charge in [-0.3, -0.25) is 4.79 Å². The predicted molar refractivity (Wildman–Crippen MR) is 91.1 cm³/mol. The molecule has 120 valence electrons. The van der Waals surface area contributed by atoms with E-state index in [0.717, 1.165) is 30.4 Å². The summed E-state index contributed by atoms with van der Waals surface area (Å²) in [7, 11) is 1.69. The second kappa shape index (κ2) is 7.42. The van der Waals surface area contributed by atoms with Crippen LogP contribution in [0.2, 0.25) is 0 Å². The Balaban J connectivity index is 1.62. The van der Waals surface area contributed by atoms with Gasteiger partial charge in [0.05, 0.1) is 12.5 Å². The van der Waals surface area contributed by atoms with E-state index >= 15 is 0 Å². The maximum Gasteiger partial charge on any atom is 0.227 e. The van der Waals surface area contributed by atoms with Gasteiger partial charge in [0.1, 0.15) is 0 Å². The summed E-state index contributed by atoms with van der Waals surface area (Å²) in [4.78, 5) is 12.6. The van der Waals surface area contributed by atoms with Crippen LogP contribution in [0.5, 0.6) is 0 Å². The van der Waals surface area contributed by atoms with E-state index in [4.69, 9.17) is 4.74 Å². The van der Waals surface area contributed by atoms with Gasteiger partial charge < -0.3 is 10.1 Å². The summed E-state index contributed by atoms with van der Waals surface area (Å²) in [5.41, 5.74) is 4.78. The van der Waals surface area contributed by atoms with Gasteiger partial charge in [0.15, 0.2) is 0 Å². The number of rotatable bonds is 5. The number of carbonyl (C=O) groups excluding carboxylic acids is 1. The second-order valence-corrected chi connectivity index (χ2v) is 6.11. The molecule has 1 atom stereocenters. The van der Waals surface area contributed by atoms with Crippen LogP contribution in [0.15, 0.2) is 48.5 Å². The number of methoxy groups -OCH3 is 1. The molecular formula is C20H23NO2. The van der Waals surface area contributed by atoms with E-state index in [9.17, 15) is 4.79 Å². The molecule has 0 aromatic heterocycles. The van der Waals surface area contributed by atoms with Gasteiger partial charge in [0.2, 0.25) is 5.91 Å². The summed E-state index contributed by atoms with van der Waals surface area (Å²) in [6, 6.07) is 16.5. The molecule has 0 saturated heterocycles. The number of nitrogens with one attached hydrogen (secondary N) is 1. The number of hydrogen-bond acceptors (Lipinski definition) is 2. The van der Waals surface area contributed by atoms with E-state index in [0.29, 0.717) is 13.2 Å². The Kier molecular flexibility index (Phi) is 5.09. The van der Waals surface area contributed by atoms with Crippen molar-refractivity contribution in [3.8, 4) is 0 Å². The first kappa shape index (κ1) is 15.8. The molecule has 1 aliphatic rings. The lowest BCUT2D eigenvalue weighted by molar-refractivity contribution is -0.123. The molecule has 1 unspecified atom stereocenters. The monoisotopic (exact) mass is 309 g/mol. The maximum absolute atomic E-state index is 12.6. The predicted octanol–water partition coefficient (Wildman–Crippen LogP) is 3.57. The first-order chi connectivity index (χ1) is 11.3. The van der Waals surface area contributed by atoms with Crippen LogP contribution in [-0.2, 0) is 29.1 Å². The fourth-order valence-corrected chi connectivity index (χ4v) is 3.26. The smallest absolute Gasteiger partial charge is 0.227 e. The van der Waals surface area contributed by atoms with Gasteiger partial charge in [-0.1, -0.05) is 48.5 Å². The maximum atomic E-state index is 12.6. The fourth-order valence-electron chi connectivity index (χ4n) is 3.26. The van der Waals surface area contributed by atoms with Gasteiger partial charge in [-0.2, -0.15) is 0 Å². The zero-order valence-corrected chi connectivity index (χ0v) is 13.5. The van der Waals surface area contributed by atoms with Gasteiger partial charge in [-0.25, -0.2) is 0 Å². The van der Waals surface area contributed by atoms with Gasteiger partial charge in [-0.15, -0.1) is 0 Å². The SMILES string of the molecule is COCc1ccc(CNC(=O)C2CCCc3ccccc32)cc1. The molecule has 0 spiro atoms. The molecule has 3 nitrogen and oxygen atoms in total. The zero-order valence-electron chi connectivity index (χ0n) is 13.5. The molecule has 3 heteroatoms. The van der Waals surface area contributed by atoms with Gasteiger partial charge >= 0.3 is 0 Å². The quantitative estimate of drug-likeness (QED) is 0.917. The van der Waals surface area contributed by atoms with E-state index < -0.39 is 0 Å². The van der Waals surface area contributed by atoms with E-state index in [1.807, 2.05) is 30.3 Å². The van der Waals surface area contributed by atoms with Crippen LogP contribution in [0, 0.1) is 0 Å². The number of ether oxygens (including phenoxy) is 1. The Morgan fingerprint density at radius 3 is 2.65 bits per heavy atom. The summed E-state index contributed by atoms with van der Waals surface area (Å²) >= 11 is 0. The number of carbonyl (C=O) groups is 1. The molecule has 1 aliphatic carbocycles. The van der Waals surface area contributed by atoms with E-state index in [1.54, 1.807) is 7.11 Å². The first-order valence-electron chi connectivity index (χ1n) is 8.20. The lowest BCUT2D eigenvalue weighted by Gasteiger charge is -2.24. The summed E-state index contributed by atoms with van der Waals surface area (Å²) in [5.74, 6) is 0.130. The van der Waals surface area contributed by atoms with Crippen LogP contribution < -0.4 is 5.32 Å². The summed E-state index contributed by atoms with van der Waals surface area (Å²) in [5, 5.41) is 3.09. The molecule has 0 bridgehead atoms. The van der Waals surface area contributed by atoms with Crippen molar-refractivity contribution >= 4 is 5.91 Å². The number of aryl methyl sites for hydroxylation is 1. The van der Waals surface area contributed by atoms with Gasteiger partial charge in [-0.05, 0) is 41.5 Å². The van der Waals surface area contributed by atoms with Crippen LogP contribution >= 0.6 is 0 Å². The topological polar surface area (TPSA) is 38.3 Å². The largest absolute Gasteiger partial charge is 0.380 e. The van der Waals surface area contributed by atoms with Crippen molar-refractivity contribution in [3.63, 3.8) is 0 Å². The minimum absolute atomic E-state index is 0.00675. The Morgan fingerprint density at radius 2 is 1.87 bits per heavy atom. The van der Waals surface area contributed by atoms with E-state index in [-0.39, 0.29) is 11.8 Å². The molecule has 0 aliphatic heterocycles. The van der Waals surface area contributed by atoms with Crippen LogP contribution in [0.4, 0.5) is 0 Å². The van der Waals surface area contributed by atoms with Crippen molar-refractivity contribution in [2.24, 2.45) is 0 Å². The molecule has 0 saturated carbocycles. The standard InChI is InChI=1S/C20H23NO2/c1-23-14-16-11-9-15(10-12-16)13-21-20(22)19-8-4-6-17-5-2-3-7-18(17)19/h2-3,5,7,9-12,19H,4,6,8,13-14H2,1H3,(H,21,22). The molecular weight excluding hydrogens is 286 g/mol. The molecule has 1 amide bonds. The second-order valence-electron chi connectivity index (χ2n) is 6.11. The van der Waals surface area contributed by atoms with E-state index in [1.165, 1.54) is 11.1 Å². The zero-order chi connectivity index (χ0) is 16.1. The highest BCUT2D eigenvalue weighted by Gasteiger charge is 2.25. The fraction of sp³-hybridized carbons (Fsp3) is 0.350. The van der Waals surface area contributed by atoms with Crippen molar-refractivity contribution in [2.75, 3.05) is 7.11 Å². The Hall–Kier alpha value is -2.13. The van der Waals surface area contributed by atoms with Crippen LogP contribution in [0.25, 0.3) is 0 Å². The Morgan fingerprint density at radius 1 is 1.13 bits per heavy atom. The minimum atomic E-state index is -0.00675. The number of benzene rings is 2. The number of amides is 1. The molecule has 1 N–H and O–H groups in total. The Labute approximate surface area is 137 Å². The lowest BCUT2D eigenvalue weighted by Crippen LogP contribution is -2.31. The van der Waals surface area contributed by atoms with Crippen LogP contribution in [-0.4, -0.2) is 13.0 Å². The molecule has 0 fully saturated rings. The van der Waals surface area contributed by atoms with Crippen molar-refractivity contribution < 1.29 is 9.53 Å². The molecule has 23 heavy (non-hydrogen) atoms. The highest BCUT2D eigenvalue weighted by Crippen LogP contribution is 2.31. The highest BCUT2D eigenvalue weighted by atomic mass is 16.5. The molecule has 0 radical (unpaired) electrons. The lowest BCUT2D eigenvalue weighted by atomic mass is 9.82. The molecule has 0 heterocycles. The third kappa shape index (κ3) is 3.80. The summed E-state index contributed by atoms with van der Waals surface area (Å²) in [6.45, 7) is 1.19.